The summed E-state index contributed by atoms with van der Waals surface area (Å²) in [6, 6.07) is 5.07. The minimum Gasteiger partial charge on any atom is -0.366 e. The number of carbonyl (C=O) groups is 2. The number of thioether (sulfide) groups is 1. The van der Waals surface area contributed by atoms with Gasteiger partial charge in [0.05, 0.1) is 10.9 Å². The number of carbonyl (C=O) groups excluding carboxylic acids is 2. The van der Waals surface area contributed by atoms with E-state index in [1.807, 2.05) is 6.92 Å². The Morgan fingerprint density at radius 2 is 2.27 bits per heavy atom. The van der Waals surface area contributed by atoms with E-state index in [9.17, 15) is 9.59 Å². The van der Waals surface area contributed by atoms with Crippen LogP contribution in [0.15, 0.2) is 23.1 Å². The largest absolute Gasteiger partial charge is 0.366 e. The molecule has 1 unspecified atom stereocenters. The van der Waals surface area contributed by atoms with E-state index < -0.39 is 5.91 Å². The SMILES string of the molecule is CC1Sc2ccc(C(N)=O)cc2NC1=O. The van der Waals surface area contributed by atoms with Crippen molar-refractivity contribution in [2.75, 3.05) is 5.32 Å². The minimum absolute atomic E-state index is 0.0471. The van der Waals surface area contributed by atoms with E-state index in [2.05, 4.69) is 5.32 Å². The van der Waals surface area contributed by atoms with Crippen LogP contribution < -0.4 is 11.1 Å². The number of primary amides is 1. The van der Waals surface area contributed by atoms with Crippen molar-refractivity contribution in [2.45, 2.75) is 17.1 Å². The maximum absolute atomic E-state index is 11.4. The first-order chi connectivity index (χ1) is 7.08. The van der Waals surface area contributed by atoms with E-state index in [4.69, 9.17) is 5.73 Å². The van der Waals surface area contributed by atoms with Crippen molar-refractivity contribution in [3.63, 3.8) is 0 Å². The lowest BCUT2D eigenvalue weighted by Gasteiger charge is -2.21. The average Bonchev–Trinajstić information content (AvgIpc) is 2.19. The van der Waals surface area contributed by atoms with Crippen LogP contribution in [0, 0.1) is 0 Å². The second kappa shape index (κ2) is 3.58. The second-order valence-electron chi connectivity index (χ2n) is 3.32. The van der Waals surface area contributed by atoms with Gasteiger partial charge in [-0.25, -0.2) is 0 Å². The van der Waals surface area contributed by atoms with Gasteiger partial charge in [0, 0.05) is 10.5 Å². The van der Waals surface area contributed by atoms with Gasteiger partial charge in [-0.05, 0) is 25.1 Å². The summed E-state index contributed by atoms with van der Waals surface area (Å²) in [6.07, 6.45) is 0. The highest BCUT2D eigenvalue weighted by Crippen LogP contribution is 2.35. The van der Waals surface area contributed by atoms with Crippen LogP contribution >= 0.6 is 11.8 Å². The zero-order valence-electron chi connectivity index (χ0n) is 8.11. The van der Waals surface area contributed by atoms with Crippen LogP contribution in [0.25, 0.3) is 0 Å². The van der Waals surface area contributed by atoms with Crippen molar-refractivity contribution in [1.82, 2.24) is 0 Å². The molecule has 1 aromatic carbocycles. The molecule has 0 saturated heterocycles. The number of benzene rings is 1. The van der Waals surface area contributed by atoms with Crippen LogP contribution in [0.1, 0.15) is 17.3 Å². The first-order valence-electron chi connectivity index (χ1n) is 4.49. The zero-order chi connectivity index (χ0) is 11.0. The van der Waals surface area contributed by atoms with Gasteiger partial charge >= 0.3 is 0 Å². The average molecular weight is 222 g/mol. The van der Waals surface area contributed by atoms with E-state index in [0.717, 1.165) is 4.90 Å². The van der Waals surface area contributed by atoms with Gasteiger partial charge in [-0.15, -0.1) is 11.8 Å². The highest BCUT2D eigenvalue weighted by atomic mass is 32.2. The maximum Gasteiger partial charge on any atom is 0.248 e. The Morgan fingerprint density at radius 1 is 1.53 bits per heavy atom. The van der Waals surface area contributed by atoms with Gasteiger partial charge in [-0.1, -0.05) is 0 Å². The number of amides is 2. The van der Waals surface area contributed by atoms with Gasteiger partial charge in [0.2, 0.25) is 11.8 Å². The van der Waals surface area contributed by atoms with Crippen LogP contribution in [0.3, 0.4) is 0 Å². The van der Waals surface area contributed by atoms with Gasteiger partial charge < -0.3 is 11.1 Å². The molecule has 1 aliphatic rings. The molecule has 1 atom stereocenters. The topological polar surface area (TPSA) is 72.2 Å². The lowest BCUT2D eigenvalue weighted by molar-refractivity contribution is -0.115. The molecule has 0 aromatic heterocycles. The van der Waals surface area contributed by atoms with Gasteiger partial charge in [0.15, 0.2) is 0 Å². The van der Waals surface area contributed by atoms with Crippen LogP contribution in [0.2, 0.25) is 0 Å². The van der Waals surface area contributed by atoms with E-state index >= 15 is 0 Å². The molecule has 1 aromatic rings. The molecule has 4 nitrogen and oxygen atoms in total. The highest BCUT2D eigenvalue weighted by molar-refractivity contribution is 8.00. The first-order valence-corrected chi connectivity index (χ1v) is 5.37. The highest BCUT2D eigenvalue weighted by Gasteiger charge is 2.23. The Morgan fingerprint density at radius 3 is 2.93 bits per heavy atom. The Hall–Kier alpha value is -1.49. The Balaban J connectivity index is 2.41. The van der Waals surface area contributed by atoms with Crippen molar-refractivity contribution >= 4 is 29.3 Å². The Kier molecular flexibility index (Phi) is 2.40. The molecule has 0 spiro atoms. The summed E-state index contributed by atoms with van der Waals surface area (Å²) < 4.78 is 0. The number of nitrogens with one attached hydrogen (secondary N) is 1. The second-order valence-corrected chi connectivity index (χ2v) is 4.71. The summed E-state index contributed by atoms with van der Waals surface area (Å²) in [5.41, 5.74) is 6.22. The summed E-state index contributed by atoms with van der Waals surface area (Å²) in [5.74, 6) is -0.537. The van der Waals surface area contributed by atoms with Crippen LogP contribution in [-0.4, -0.2) is 17.1 Å². The molecular weight excluding hydrogens is 212 g/mol. The quantitative estimate of drug-likeness (QED) is 0.750. The molecular formula is C10H10N2O2S. The lowest BCUT2D eigenvalue weighted by atomic mass is 10.2. The van der Waals surface area contributed by atoms with Crippen molar-refractivity contribution in [3.05, 3.63) is 23.8 Å². The molecule has 1 heterocycles. The molecule has 5 heteroatoms. The minimum atomic E-state index is -0.490. The number of hydrogen-bond acceptors (Lipinski definition) is 3. The summed E-state index contributed by atoms with van der Waals surface area (Å²) in [6.45, 7) is 1.84. The van der Waals surface area contributed by atoms with Crippen molar-refractivity contribution in [1.29, 1.82) is 0 Å². The molecule has 2 rings (SSSR count). The molecule has 0 aliphatic carbocycles. The Bertz CT molecular complexity index is 445. The molecule has 15 heavy (non-hydrogen) atoms. The number of anilines is 1. The van der Waals surface area contributed by atoms with Gasteiger partial charge in [-0.3, -0.25) is 9.59 Å². The predicted octanol–water partition coefficient (Wildman–Crippen LogP) is 1.22. The van der Waals surface area contributed by atoms with E-state index in [-0.39, 0.29) is 11.2 Å². The van der Waals surface area contributed by atoms with Crippen molar-refractivity contribution < 1.29 is 9.59 Å². The number of hydrogen-bond donors (Lipinski definition) is 2. The zero-order valence-corrected chi connectivity index (χ0v) is 8.93. The van der Waals surface area contributed by atoms with Crippen molar-refractivity contribution in [3.8, 4) is 0 Å². The monoisotopic (exact) mass is 222 g/mol. The number of nitrogens with two attached hydrogens (primary N) is 1. The van der Waals surface area contributed by atoms with Crippen LogP contribution in [0.5, 0.6) is 0 Å². The fourth-order valence-corrected chi connectivity index (χ4v) is 2.29. The normalized spacial score (nSPS) is 19.3. The molecule has 0 bridgehead atoms. The number of fused-ring (bicyclic) bond motifs is 1. The molecule has 3 N–H and O–H groups in total. The molecule has 2 amide bonds. The number of rotatable bonds is 1. The van der Waals surface area contributed by atoms with E-state index in [1.165, 1.54) is 11.8 Å². The summed E-state index contributed by atoms with van der Waals surface area (Å²) >= 11 is 1.48. The lowest BCUT2D eigenvalue weighted by Crippen LogP contribution is -2.26. The van der Waals surface area contributed by atoms with Crippen LogP contribution in [0.4, 0.5) is 5.69 Å². The summed E-state index contributed by atoms with van der Waals surface area (Å²) in [4.78, 5) is 23.3. The summed E-state index contributed by atoms with van der Waals surface area (Å²) in [5, 5.41) is 2.64. The predicted molar refractivity (Wildman–Crippen MR) is 58.9 cm³/mol. The molecule has 0 saturated carbocycles. The smallest absolute Gasteiger partial charge is 0.248 e. The van der Waals surface area contributed by atoms with E-state index in [0.29, 0.717) is 11.3 Å². The van der Waals surface area contributed by atoms with Crippen molar-refractivity contribution in [2.24, 2.45) is 5.73 Å². The van der Waals surface area contributed by atoms with Gasteiger partial charge in [-0.2, -0.15) is 0 Å². The van der Waals surface area contributed by atoms with Gasteiger partial charge in [0.1, 0.15) is 0 Å². The third-order valence-corrected chi connectivity index (χ3v) is 3.37. The first kappa shape index (κ1) is 10.0. The fraction of sp³-hybridized carbons (Fsp3) is 0.200. The summed E-state index contributed by atoms with van der Waals surface area (Å²) in [7, 11) is 0. The molecule has 1 aliphatic heterocycles. The molecule has 78 valence electrons. The Labute approximate surface area is 91.2 Å². The maximum atomic E-state index is 11.4. The van der Waals surface area contributed by atoms with E-state index in [1.54, 1.807) is 18.2 Å². The standard InChI is InChI=1S/C10H10N2O2S/c1-5-10(14)12-7-4-6(9(11)13)2-3-8(7)15-5/h2-5H,1H3,(H2,11,13)(H,12,14). The third-order valence-electron chi connectivity index (χ3n) is 2.19. The van der Waals surface area contributed by atoms with Gasteiger partial charge in [0.25, 0.3) is 0 Å². The molecule has 0 fully saturated rings. The fourth-order valence-electron chi connectivity index (χ4n) is 1.36. The molecule has 0 radical (unpaired) electrons. The van der Waals surface area contributed by atoms with Crippen LogP contribution in [-0.2, 0) is 4.79 Å². The third kappa shape index (κ3) is 1.83.